The standard InChI is InChI=1S/C28H32ClN7O2/c1-17(37)31-23-13-18(9-10-24(23)36-12-11-19(15-36)34(2)3)32-28-30-14-22(29)26(33-28)21-16-35(4)27-20(21)7-6-8-25(27)38-5/h6-10,13-14,16,19H,11-12,15H2,1-5H3,(H,31,37)(H,30,32,33)/t19-/m1/s1. The number of rotatable bonds is 7. The second-order valence-electron chi connectivity index (χ2n) is 9.79. The maximum atomic E-state index is 12.0. The number of amides is 1. The SMILES string of the molecule is COc1cccc2c(-c3nc(Nc4ccc(N5CC[C@@H](N(C)C)C5)c(NC(C)=O)c4)ncc3Cl)cn(C)c12. The molecule has 9 nitrogen and oxygen atoms in total. The normalized spacial score (nSPS) is 15.3. The van der Waals surface area contributed by atoms with E-state index in [-0.39, 0.29) is 5.91 Å². The number of halogens is 1. The van der Waals surface area contributed by atoms with E-state index in [1.54, 1.807) is 13.3 Å². The Morgan fingerprint density at radius 2 is 2.05 bits per heavy atom. The fourth-order valence-corrected chi connectivity index (χ4v) is 5.28. The van der Waals surface area contributed by atoms with Crippen molar-refractivity contribution in [3.63, 3.8) is 0 Å². The van der Waals surface area contributed by atoms with Gasteiger partial charge in [0.1, 0.15) is 5.75 Å². The molecular weight excluding hydrogens is 502 g/mol. The molecule has 1 saturated heterocycles. The predicted molar refractivity (Wildman–Crippen MR) is 154 cm³/mol. The van der Waals surface area contributed by atoms with E-state index in [2.05, 4.69) is 39.5 Å². The van der Waals surface area contributed by atoms with Crippen LogP contribution in [0, 0.1) is 0 Å². The first-order valence-corrected chi connectivity index (χ1v) is 12.9. The first kappa shape index (κ1) is 25.8. The number of ether oxygens (including phenoxy) is 1. The number of likely N-dealkylation sites (N-methyl/N-ethyl adjacent to an activating group) is 1. The number of aromatic nitrogens is 3. The van der Waals surface area contributed by atoms with Crippen LogP contribution in [0.2, 0.25) is 5.02 Å². The molecule has 0 aliphatic carbocycles. The van der Waals surface area contributed by atoms with Gasteiger partial charge in [-0.15, -0.1) is 0 Å². The highest BCUT2D eigenvalue weighted by molar-refractivity contribution is 6.33. The number of benzene rings is 2. The van der Waals surface area contributed by atoms with Crippen LogP contribution in [0.5, 0.6) is 5.75 Å². The topological polar surface area (TPSA) is 87.6 Å². The van der Waals surface area contributed by atoms with Gasteiger partial charge in [-0.25, -0.2) is 9.97 Å². The van der Waals surface area contributed by atoms with Gasteiger partial charge in [0, 0.05) is 55.9 Å². The molecule has 1 fully saturated rings. The molecule has 2 N–H and O–H groups in total. The summed E-state index contributed by atoms with van der Waals surface area (Å²) < 4.78 is 7.57. The van der Waals surface area contributed by atoms with E-state index < -0.39 is 0 Å². The molecular formula is C28H32ClN7O2. The molecule has 0 radical (unpaired) electrons. The molecule has 1 aliphatic heterocycles. The number of methoxy groups -OCH3 is 1. The molecule has 0 unspecified atom stereocenters. The summed E-state index contributed by atoms with van der Waals surface area (Å²) in [7, 11) is 7.83. The molecule has 0 saturated carbocycles. The van der Waals surface area contributed by atoms with Crippen LogP contribution in [0.25, 0.3) is 22.2 Å². The first-order valence-electron chi connectivity index (χ1n) is 12.5. The van der Waals surface area contributed by atoms with Crippen LogP contribution in [0.15, 0.2) is 48.8 Å². The predicted octanol–water partition coefficient (Wildman–Crippen LogP) is 5.14. The number of hydrogen-bond acceptors (Lipinski definition) is 7. The van der Waals surface area contributed by atoms with Crippen molar-refractivity contribution < 1.29 is 9.53 Å². The molecule has 0 spiro atoms. The minimum Gasteiger partial charge on any atom is -0.495 e. The summed E-state index contributed by atoms with van der Waals surface area (Å²) in [5, 5.41) is 7.71. The van der Waals surface area contributed by atoms with Gasteiger partial charge < -0.3 is 29.7 Å². The van der Waals surface area contributed by atoms with Crippen molar-refractivity contribution >= 4 is 51.4 Å². The van der Waals surface area contributed by atoms with Crippen molar-refractivity contribution in [1.82, 2.24) is 19.4 Å². The molecule has 1 atom stereocenters. The number of nitrogens with one attached hydrogen (secondary N) is 2. The van der Waals surface area contributed by atoms with Crippen LogP contribution in [0.1, 0.15) is 13.3 Å². The third-order valence-corrected chi connectivity index (χ3v) is 7.26. The van der Waals surface area contributed by atoms with E-state index >= 15 is 0 Å². The number of hydrogen-bond donors (Lipinski definition) is 2. The summed E-state index contributed by atoms with van der Waals surface area (Å²) in [6.45, 7) is 3.36. The first-order chi connectivity index (χ1) is 18.2. The number of nitrogens with zero attached hydrogens (tertiary/aromatic N) is 5. The van der Waals surface area contributed by atoms with Crippen molar-refractivity contribution in [3.05, 3.63) is 53.8 Å². The Balaban J connectivity index is 1.47. The van der Waals surface area contributed by atoms with Crippen molar-refractivity contribution in [3.8, 4) is 17.0 Å². The lowest BCUT2D eigenvalue weighted by Gasteiger charge is -2.24. The highest BCUT2D eigenvalue weighted by Gasteiger charge is 2.26. The van der Waals surface area contributed by atoms with Gasteiger partial charge in [0.25, 0.3) is 0 Å². The Hall–Kier alpha value is -3.82. The van der Waals surface area contributed by atoms with Crippen LogP contribution in [-0.4, -0.2) is 65.7 Å². The van der Waals surface area contributed by atoms with Crippen LogP contribution >= 0.6 is 11.6 Å². The van der Waals surface area contributed by atoms with Crippen LogP contribution in [0.4, 0.5) is 23.0 Å². The molecule has 5 rings (SSSR count). The Kier molecular flexibility index (Phi) is 7.14. The van der Waals surface area contributed by atoms with Crippen LogP contribution in [-0.2, 0) is 11.8 Å². The molecule has 198 valence electrons. The third-order valence-electron chi connectivity index (χ3n) is 6.98. The maximum Gasteiger partial charge on any atom is 0.227 e. The highest BCUT2D eigenvalue weighted by atomic mass is 35.5. The zero-order chi connectivity index (χ0) is 27.0. The zero-order valence-electron chi connectivity index (χ0n) is 22.2. The number of anilines is 4. The Morgan fingerprint density at radius 3 is 2.76 bits per heavy atom. The van der Waals surface area contributed by atoms with Crippen LogP contribution < -0.4 is 20.3 Å². The van der Waals surface area contributed by atoms with Gasteiger partial charge >= 0.3 is 0 Å². The smallest absolute Gasteiger partial charge is 0.227 e. The number of carbonyl (C=O) groups excluding carboxylic acids is 1. The van der Waals surface area contributed by atoms with E-state index in [1.807, 2.05) is 54.2 Å². The summed E-state index contributed by atoms with van der Waals surface area (Å²) in [5.74, 6) is 1.06. The van der Waals surface area contributed by atoms with Gasteiger partial charge in [-0.05, 0) is 44.8 Å². The summed E-state index contributed by atoms with van der Waals surface area (Å²) in [6, 6.07) is 12.3. The van der Waals surface area contributed by atoms with Gasteiger partial charge in [-0.2, -0.15) is 0 Å². The van der Waals surface area contributed by atoms with Crippen molar-refractivity contribution in [2.24, 2.45) is 7.05 Å². The molecule has 3 heterocycles. The monoisotopic (exact) mass is 533 g/mol. The average Bonchev–Trinajstić information content (AvgIpc) is 3.50. The molecule has 1 amide bonds. The molecule has 0 bridgehead atoms. The number of fused-ring (bicyclic) bond motifs is 1. The van der Waals surface area contributed by atoms with Crippen molar-refractivity contribution in [2.75, 3.05) is 49.8 Å². The van der Waals surface area contributed by atoms with E-state index in [1.165, 1.54) is 6.92 Å². The van der Waals surface area contributed by atoms with E-state index in [0.29, 0.717) is 22.7 Å². The average molecular weight is 534 g/mol. The minimum absolute atomic E-state index is 0.122. The molecule has 1 aliphatic rings. The summed E-state index contributed by atoms with van der Waals surface area (Å²) in [5.41, 5.74) is 4.97. The minimum atomic E-state index is -0.122. The van der Waals surface area contributed by atoms with E-state index in [0.717, 1.165) is 58.8 Å². The second kappa shape index (κ2) is 10.5. The highest BCUT2D eigenvalue weighted by Crippen LogP contribution is 2.38. The quantitative estimate of drug-likeness (QED) is 0.340. The molecule has 10 heteroatoms. The lowest BCUT2D eigenvalue weighted by molar-refractivity contribution is -0.114. The van der Waals surface area contributed by atoms with E-state index in [4.69, 9.17) is 21.3 Å². The number of aryl methyl sites for hydroxylation is 1. The summed E-state index contributed by atoms with van der Waals surface area (Å²) >= 11 is 6.58. The van der Waals surface area contributed by atoms with Gasteiger partial charge in [0.2, 0.25) is 11.9 Å². The summed E-state index contributed by atoms with van der Waals surface area (Å²) in [6.07, 6.45) is 4.67. The largest absolute Gasteiger partial charge is 0.495 e. The van der Waals surface area contributed by atoms with Crippen LogP contribution in [0.3, 0.4) is 0 Å². The Morgan fingerprint density at radius 1 is 1.24 bits per heavy atom. The molecule has 2 aromatic heterocycles. The Bertz CT molecular complexity index is 1500. The van der Waals surface area contributed by atoms with Gasteiger partial charge in [0.15, 0.2) is 0 Å². The Labute approximate surface area is 227 Å². The number of carbonyl (C=O) groups is 1. The van der Waals surface area contributed by atoms with Gasteiger partial charge in [-0.3, -0.25) is 4.79 Å². The lowest BCUT2D eigenvalue weighted by atomic mass is 10.1. The lowest BCUT2D eigenvalue weighted by Crippen LogP contribution is -2.31. The molecule has 38 heavy (non-hydrogen) atoms. The molecule has 2 aromatic carbocycles. The van der Waals surface area contributed by atoms with Gasteiger partial charge in [0.05, 0.1) is 40.9 Å². The fraction of sp³-hybridized carbons (Fsp3) is 0.321. The summed E-state index contributed by atoms with van der Waals surface area (Å²) in [4.78, 5) is 25.7. The third kappa shape index (κ3) is 4.99. The van der Waals surface area contributed by atoms with Gasteiger partial charge in [-0.1, -0.05) is 23.7 Å². The second-order valence-corrected chi connectivity index (χ2v) is 10.2. The fourth-order valence-electron chi connectivity index (χ4n) is 5.09. The zero-order valence-corrected chi connectivity index (χ0v) is 23.0. The van der Waals surface area contributed by atoms with Crippen molar-refractivity contribution in [1.29, 1.82) is 0 Å². The number of para-hydroxylation sites is 1. The van der Waals surface area contributed by atoms with Crippen molar-refractivity contribution in [2.45, 2.75) is 19.4 Å². The maximum absolute atomic E-state index is 12.0. The van der Waals surface area contributed by atoms with E-state index in [9.17, 15) is 4.79 Å². The molecule has 4 aromatic rings.